The first-order chi connectivity index (χ1) is 8.63. The van der Waals surface area contributed by atoms with E-state index in [1.165, 1.54) is 0 Å². The van der Waals surface area contributed by atoms with Gasteiger partial charge in [-0.1, -0.05) is 18.7 Å². The van der Waals surface area contributed by atoms with Gasteiger partial charge < -0.3 is 0 Å². The normalized spacial score (nSPS) is 30.2. The fraction of sp³-hybridized carbons (Fsp3) is 0.500. The van der Waals surface area contributed by atoms with Crippen LogP contribution in [0, 0.1) is 17.2 Å². The molecule has 1 aliphatic heterocycles. The molecule has 0 radical (unpaired) electrons. The van der Waals surface area contributed by atoms with Crippen LogP contribution >= 0.6 is 0 Å². The molecule has 0 N–H and O–H groups in total. The Morgan fingerprint density at radius 3 is 2.83 bits per heavy atom. The van der Waals surface area contributed by atoms with Crippen LogP contribution in [0.5, 0.6) is 0 Å². The zero-order valence-corrected chi connectivity index (χ0v) is 10.5. The van der Waals surface area contributed by atoms with Crippen molar-refractivity contribution in [2.24, 2.45) is 11.0 Å². The smallest absolute Gasteiger partial charge is 0.157 e. The van der Waals surface area contributed by atoms with Gasteiger partial charge in [0.15, 0.2) is 5.78 Å². The van der Waals surface area contributed by atoms with Crippen LogP contribution in [0.4, 0.5) is 0 Å². The molecule has 1 aliphatic carbocycles. The molecule has 0 aromatic heterocycles. The molecule has 4 nitrogen and oxygen atoms in total. The minimum Gasteiger partial charge on any atom is -0.295 e. The Morgan fingerprint density at radius 2 is 2.28 bits per heavy atom. The summed E-state index contributed by atoms with van der Waals surface area (Å²) in [6.07, 6.45) is 8.29. The van der Waals surface area contributed by atoms with Crippen molar-refractivity contribution in [3.63, 3.8) is 0 Å². The second-order valence-electron chi connectivity index (χ2n) is 4.78. The van der Waals surface area contributed by atoms with Crippen LogP contribution in [0.2, 0.25) is 0 Å². The van der Waals surface area contributed by atoms with Crippen LogP contribution in [-0.4, -0.2) is 29.1 Å². The van der Waals surface area contributed by atoms with E-state index in [0.717, 1.165) is 19.3 Å². The molecule has 0 saturated heterocycles. The topological polar surface area (TPSA) is 56.5 Å². The summed E-state index contributed by atoms with van der Waals surface area (Å²) in [5.41, 5.74) is 0.614. The fourth-order valence-electron chi connectivity index (χ4n) is 2.42. The fourth-order valence-corrected chi connectivity index (χ4v) is 2.42. The molecular formula is C14H17N3O. The minimum atomic E-state index is -0.0178. The molecule has 4 heteroatoms. The van der Waals surface area contributed by atoms with Crippen molar-refractivity contribution in [2.45, 2.75) is 38.3 Å². The Hall–Kier alpha value is -1.89. The maximum absolute atomic E-state index is 11.4. The van der Waals surface area contributed by atoms with Gasteiger partial charge in [-0.25, -0.2) is 0 Å². The number of Topliss-reactive ketones (excluding diaryl/α,β-unsaturated/α-hetero) is 1. The van der Waals surface area contributed by atoms with Crippen LogP contribution in [0.25, 0.3) is 0 Å². The van der Waals surface area contributed by atoms with Crippen molar-refractivity contribution in [1.82, 2.24) is 5.01 Å². The van der Waals surface area contributed by atoms with Gasteiger partial charge in [0.05, 0.1) is 24.1 Å². The van der Waals surface area contributed by atoms with E-state index in [9.17, 15) is 4.79 Å². The second kappa shape index (κ2) is 5.18. The van der Waals surface area contributed by atoms with Crippen molar-refractivity contribution in [3.05, 3.63) is 24.3 Å². The lowest BCUT2D eigenvalue weighted by Crippen LogP contribution is -2.39. The highest BCUT2D eigenvalue weighted by Crippen LogP contribution is 2.28. The predicted octanol–water partition coefficient (Wildman–Crippen LogP) is 2.05. The highest BCUT2D eigenvalue weighted by atomic mass is 16.1. The Kier molecular flexibility index (Phi) is 3.61. The van der Waals surface area contributed by atoms with Crippen LogP contribution in [-0.2, 0) is 4.79 Å². The lowest BCUT2D eigenvalue weighted by Gasteiger charge is -2.33. The number of hydrogen-bond acceptors (Lipinski definition) is 4. The number of hydrazone groups is 1. The maximum Gasteiger partial charge on any atom is 0.157 e. The van der Waals surface area contributed by atoms with Gasteiger partial charge in [-0.15, -0.1) is 0 Å². The van der Waals surface area contributed by atoms with Crippen LogP contribution in [0.3, 0.4) is 0 Å². The molecule has 1 heterocycles. The summed E-state index contributed by atoms with van der Waals surface area (Å²) < 4.78 is 0. The van der Waals surface area contributed by atoms with E-state index in [-0.39, 0.29) is 23.8 Å². The summed E-state index contributed by atoms with van der Waals surface area (Å²) in [5.74, 6) is 0.0347. The lowest BCUT2D eigenvalue weighted by atomic mass is 9.92. The van der Waals surface area contributed by atoms with Gasteiger partial charge in [0, 0.05) is 18.2 Å². The number of nitrogens with zero attached hydrogens (tertiary/aromatic N) is 3. The number of hydrogen-bond donors (Lipinski definition) is 0. The SMILES string of the molecule is C=C(C(C)=O)C1CC=NN1C1C=CC(C#N)CC1. The molecule has 3 unspecified atom stereocenters. The largest absolute Gasteiger partial charge is 0.295 e. The predicted molar refractivity (Wildman–Crippen MR) is 69.8 cm³/mol. The molecular weight excluding hydrogens is 226 g/mol. The second-order valence-corrected chi connectivity index (χ2v) is 4.78. The Balaban J connectivity index is 2.09. The number of carbonyl (C=O) groups excluding carboxylic acids is 1. The van der Waals surface area contributed by atoms with Crippen LogP contribution < -0.4 is 0 Å². The van der Waals surface area contributed by atoms with E-state index in [1.54, 1.807) is 6.92 Å². The van der Waals surface area contributed by atoms with Gasteiger partial charge in [-0.3, -0.25) is 9.80 Å². The van der Waals surface area contributed by atoms with Gasteiger partial charge in [-0.2, -0.15) is 10.4 Å². The molecule has 0 bridgehead atoms. The molecule has 2 rings (SSSR count). The Morgan fingerprint density at radius 1 is 1.50 bits per heavy atom. The molecule has 0 amide bonds. The highest BCUT2D eigenvalue weighted by Gasteiger charge is 2.31. The Labute approximate surface area is 107 Å². The average Bonchev–Trinajstić information content (AvgIpc) is 2.87. The van der Waals surface area contributed by atoms with E-state index in [4.69, 9.17) is 5.26 Å². The number of nitriles is 1. The summed E-state index contributed by atoms with van der Waals surface area (Å²) in [6, 6.07) is 2.41. The van der Waals surface area contributed by atoms with Crippen molar-refractivity contribution in [1.29, 1.82) is 5.26 Å². The van der Waals surface area contributed by atoms with Gasteiger partial charge in [0.1, 0.15) is 0 Å². The number of carbonyl (C=O) groups is 1. The molecule has 3 atom stereocenters. The van der Waals surface area contributed by atoms with Crippen molar-refractivity contribution < 1.29 is 4.79 Å². The molecule has 0 saturated carbocycles. The standard InChI is InChI=1S/C14H17N3O/c1-10(11(2)18)14-7-8-16-17(14)13-5-3-12(9-15)4-6-13/h3,5,8,12-14H,1,4,6-7H2,2H3. The summed E-state index contributed by atoms with van der Waals surface area (Å²) >= 11 is 0. The molecule has 18 heavy (non-hydrogen) atoms. The maximum atomic E-state index is 11.4. The van der Waals surface area contributed by atoms with Gasteiger partial charge in [0.25, 0.3) is 0 Å². The molecule has 0 fully saturated rings. The number of ketones is 1. The monoisotopic (exact) mass is 243 g/mol. The van der Waals surface area contributed by atoms with Crippen LogP contribution in [0.15, 0.2) is 29.4 Å². The zero-order valence-electron chi connectivity index (χ0n) is 10.5. The lowest BCUT2D eigenvalue weighted by molar-refractivity contribution is -0.114. The van der Waals surface area contributed by atoms with Gasteiger partial charge in [-0.05, 0) is 19.8 Å². The summed E-state index contributed by atoms with van der Waals surface area (Å²) in [7, 11) is 0. The molecule has 2 aliphatic rings. The van der Waals surface area contributed by atoms with Gasteiger partial charge in [0.2, 0.25) is 0 Å². The van der Waals surface area contributed by atoms with Crippen molar-refractivity contribution >= 4 is 12.0 Å². The third-order valence-corrected chi connectivity index (χ3v) is 3.56. The quantitative estimate of drug-likeness (QED) is 0.563. The molecule has 0 spiro atoms. The van der Waals surface area contributed by atoms with Crippen molar-refractivity contribution in [3.8, 4) is 6.07 Å². The van der Waals surface area contributed by atoms with Crippen LogP contribution in [0.1, 0.15) is 26.2 Å². The van der Waals surface area contributed by atoms with E-state index >= 15 is 0 Å². The van der Waals surface area contributed by atoms with E-state index in [1.807, 2.05) is 23.4 Å². The van der Waals surface area contributed by atoms with Crippen molar-refractivity contribution in [2.75, 3.05) is 0 Å². The Bertz CT molecular complexity index is 458. The number of rotatable bonds is 3. The molecule has 0 aromatic carbocycles. The first-order valence-electron chi connectivity index (χ1n) is 6.22. The van der Waals surface area contributed by atoms with E-state index in [2.05, 4.69) is 17.7 Å². The highest BCUT2D eigenvalue weighted by molar-refractivity contribution is 5.94. The first kappa shape index (κ1) is 12.6. The third kappa shape index (κ3) is 2.35. The minimum absolute atomic E-state index is 0.0160. The average molecular weight is 243 g/mol. The van der Waals surface area contributed by atoms with E-state index < -0.39 is 0 Å². The van der Waals surface area contributed by atoms with E-state index in [0.29, 0.717) is 5.57 Å². The zero-order chi connectivity index (χ0) is 13.1. The molecule has 0 aromatic rings. The van der Waals surface area contributed by atoms with Gasteiger partial charge >= 0.3 is 0 Å². The summed E-state index contributed by atoms with van der Waals surface area (Å²) in [5, 5.41) is 15.2. The third-order valence-electron chi connectivity index (χ3n) is 3.56. The molecule has 94 valence electrons. The first-order valence-corrected chi connectivity index (χ1v) is 6.22. The summed E-state index contributed by atoms with van der Waals surface area (Å²) in [4.78, 5) is 11.4. The number of allylic oxidation sites excluding steroid dienone is 1. The summed E-state index contributed by atoms with van der Waals surface area (Å²) in [6.45, 7) is 5.41.